The monoisotopic (exact) mass is 424 g/mol. The van der Waals surface area contributed by atoms with E-state index in [2.05, 4.69) is 42.3 Å². The molecule has 0 unspecified atom stereocenters. The summed E-state index contributed by atoms with van der Waals surface area (Å²) in [5.41, 5.74) is 2.69. The molecule has 0 atom stereocenters. The summed E-state index contributed by atoms with van der Waals surface area (Å²) in [5, 5.41) is 3.19. The lowest BCUT2D eigenvalue weighted by Crippen LogP contribution is -2.36. The zero-order valence-electron chi connectivity index (χ0n) is 17.2. The highest BCUT2D eigenvalue weighted by molar-refractivity contribution is 5.85. The molecule has 8 nitrogen and oxygen atoms in total. The zero-order valence-corrected chi connectivity index (χ0v) is 17.2. The lowest BCUT2D eigenvalue weighted by atomic mass is 9.93. The number of hydrogen-bond donors (Lipinski definition) is 1. The Bertz CT molecular complexity index is 1040. The second kappa shape index (κ2) is 8.97. The molecule has 1 N–H and O–H groups in total. The minimum Gasteiger partial charge on any atom is -0.488 e. The highest BCUT2D eigenvalue weighted by atomic mass is 19.1. The molecule has 0 amide bonds. The molecule has 9 heteroatoms. The Labute approximate surface area is 179 Å². The van der Waals surface area contributed by atoms with Crippen molar-refractivity contribution >= 4 is 22.5 Å². The molecule has 31 heavy (non-hydrogen) atoms. The smallest absolute Gasteiger partial charge is 0.183 e. The van der Waals surface area contributed by atoms with Gasteiger partial charge in [-0.25, -0.2) is 19.3 Å². The van der Waals surface area contributed by atoms with Crippen molar-refractivity contribution in [2.24, 2.45) is 0 Å². The SMILES string of the molecule is Fc1cncnc1N[C@H]1CC[C@@H](Oc2cc(N3CCOCC3)cc3nccnc23)CC1. The van der Waals surface area contributed by atoms with Gasteiger partial charge in [0.05, 0.1) is 31.0 Å². The van der Waals surface area contributed by atoms with E-state index in [1.807, 2.05) is 0 Å². The molecular formula is C22H25FN6O2. The van der Waals surface area contributed by atoms with Crippen LogP contribution in [-0.4, -0.2) is 58.4 Å². The summed E-state index contributed by atoms with van der Waals surface area (Å²) in [4.78, 5) is 19.0. The molecule has 0 spiro atoms. The van der Waals surface area contributed by atoms with Crippen LogP contribution in [0.4, 0.5) is 15.9 Å². The molecule has 0 radical (unpaired) electrons. The fraction of sp³-hybridized carbons (Fsp3) is 0.455. The maximum absolute atomic E-state index is 13.8. The van der Waals surface area contributed by atoms with Crippen molar-refractivity contribution in [1.29, 1.82) is 0 Å². The first-order chi connectivity index (χ1) is 15.3. The third kappa shape index (κ3) is 4.51. The average Bonchev–Trinajstić information content (AvgIpc) is 2.82. The van der Waals surface area contributed by atoms with Crippen LogP contribution >= 0.6 is 0 Å². The van der Waals surface area contributed by atoms with E-state index in [-0.39, 0.29) is 18.0 Å². The number of morpholine rings is 1. The highest BCUT2D eigenvalue weighted by Gasteiger charge is 2.25. The molecule has 2 aromatic heterocycles. The van der Waals surface area contributed by atoms with Crippen molar-refractivity contribution in [3.63, 3.8) is 0 Å². The lowest BCUT2D eigenvalue weighted by Gasteiger charge is -2.31. The van der Waals surface area contributed by atoms with Crippen LogP contribution in [0.2, 0.25) is 0 Å². The average molecular weight is 424 g/mol. The largest absolute Gasteiger partial charge is 0.488 e. The number of nitrogens with zero attached hydrogens (tertiary/aromatic N) is 5. The van der Waals surface area contributed by atoms with Crippen LogP contribution in [0.25, 0.3) is 11.0 Å². The number of nitrogens with one attached hydrogen (secondary N) is 1. The molecule has 3 aromatic rings. The molecule has 1 aromatic carbocycles. The van der Waals surface area contributed by atoms with E-state index < -0.39 is 5.82 Å². The number of rotatable bonds is 5. The molecule has 2 aliphatic rings. The predicted molar refractivity (Wildman–Crippen MR) is 115 cm³/mol. The molecule has 2 fully saturated rings. The van der Waals surface area contributed by atoms with Gasteiger partial charge in [0.1, 0.15) is 17.6 Å². The Morgan fingerprint density at radius 3 is 2.65 bits per heavy atom. The minimum absolute atomic E-state index is 0.0819. The second-order valence-electron chi connectivity index (χ2n) is 7.92. The summed E-state index contributed by atoms with van der Waals surface area (Å²) in [5.74, 6) is 0.607. The summed E-state index contributed by atoms with van der Waals surface area (Å²) in [6, 6.07) is 4.31. The van der Waals surface area contributed by atoms with Crippen LogP contribution in [0.15, 0.2) is 37.1 Å². The van der Waals surface area contributed by atoms with E-state index in [0.29, 0.717) is 0 Å². The van der Waals surface area contributed by atoms with Gasteiger partial charge in [-0.3, -0.25) is 4.98 Å². The number of ether oxygens (including phenoxy) is 2. The molecular weight excluding hydrogens is 399 g/mol. The topological polar surface area (TPSA) is 85.3 Å². The Balaban J connectivity index is 1.28. The molecule has 162 valence electrons. The van der Waals surface area contributed by atoms with Gasteiger partial charge < -0.3 is 19.7 Å². The van der Waals surface area contributed by atoms with Gasteiger partial charge in [0.15, 0.2) is 11.6 Å². The standard InChI is InChI=1S/C22H25FN6O2/c23-18-13-24-14-27-22(18)28-15-1-3-17(4-2-15)31-20-12-16(29-7-9-30-10-8-29)11-19-21(20)26-6-5-25-19/h5-6,11-15,17H,1-4,7-10H2,(H,24,27,28)/t15-,17+. The summed E-state index contributed by atoms with van der Waals surface area (Å²) < 4.78 is 25.7. The van der Waals surface area contributed by atoms with E-state index in [9.17, 15) is 4.39 Å². The van der Waals surface area contributed by atoms with Crippen molar-refractivity contribution < 1.29 is 13.9 Å². The predicted octanol–water partition coefficient (Wildman–Crippen LogP) is 3.20. The van der Waals surface area contributed by atoms with Gasteiger partial charge in [-0.05, 0) is 31.7 Å². The van der Waals surface area contributed by atoms with E-state index in [0.717, 1.165) is 74.5 Å². The zero-order chi connectivity index (χ0) is 21.0. The van der Waals surface area contributed by atoms with Crippen molar-refractivity contribution in [3.8, 4) is 5.75 Å². The third-order valence-electron chi connectivity index (χ3n) is 5.88. The van der Waals surface area contributed by atoms with Gasteiger partial charge in [-0.15, -0.1) is 0 Å². The second-order valence-corrected chi connectivity index (χ2v) is 7.92. The van der Waals surface area contributed by atoms with Crippen molar-refractivity contribution in [1.82, 2.24) is 19.9 Å². The molecule has 1 saturated heterocycles. The van der Waals surface area contributed by atoms with E-state index in [4.69, 9.17) is 9.47 Å². The van der Waals surface area contributed by atoms with E-state index in [1.165, 1.54) is 12.5 Å². The quantitative estimate of drug-likeness (QED) is 0.668. The fourth-order valence-corrected chi connectivity index (χ4v) is 4.24. The Morgan fingerprint density at radius 1 is 1.03 bits per heavy atom. The van der Waals surface area contributed by atoms with Crippen molar-refractivity contribution in [2.45, 2.75) is 37.8 Å². The third-order valence-corrected chi connectivity index (χ3v) is 5.88. The Hall–Kier alpha value is -3.07. The number of hydrogen-bond acceptors (Lipinski definition) is 8. The molecule has 3 heterocycles. The maximum Gasteiger partial charge on any atom is 0.183 e. The van der Waals surface area contributed by atoms with E-state index >= 15 is 0 Å². The normalized spacial score (nSPS) is 21.8. The van der Waals surface area contributed by atoms with Crippen LogP contribution in [0.1, 0.15) is 25.7 Å². The fourth-order valence-electron chi connectivity index (χ4n) is 4.24. The van der Waals surface area contributed by atoms with Gasteiger partial charge in [0.25, 0.3) is 0 Å². The van der Waals surface area contributed by atoms with Crippen molar-refractivity contribution in [3.05, 3.63) is 42.9 Å². The Kier molecular flexibility index (Phi) is 5.75. The molecule has 1 saturated carbocycles. The molecule has 5 rings (SSSR count). The van der Waals surface area contributed by atoms with Crippen molar-refractivity contribution in [2.75, 3.05) is 36.5 Å². The van der Waals surface area contributed by atoms with Crippen LogP contribution in [0.5, 0.6) is 5.75 Å². The summed E-state index contributed by atoms with van der Waals surface area (Å²) in [6.45, 7) is 3.14. The van der Waals surface area contributed by atoms with Gasteiger partial charge >= 0.3 is 0 Å². The maximum atomic E-state index is 13.8. The summed E-state index contributed by atoms with van der Waals surface area (Å²) in [7, 11) is 0. The molecule has 1 aliphatic heterocycles. The van der Waals surface area contributed by atoms with Crippen LogP contribution in [0.3, 0.4) is 0 Å². The number of halogens is 1. The molecule has 0 bridgehead atoms. The summed E-state index contributed by atoms with van der Waals surface area (Å²) in [6.07, 6.45) is 9.51. The number of benzene rings is 1. The number of aromatic nitrogens is 4. The van der Waals surface area contributed by atoms with Crippen LogP contribution in [0, 0.1) is 5.82 Å². The van der Waals surface area contributed by atoms with Gasteiger partial charge in [0.2, 0.25) is 0 Å². The van der Waals surface area contributed by atoms with Crippen LogP contribution in [-0.2, 0) is 4.74 Å². The first-order valence-corrected chi connectivity index (χ1v) is 10.7. The van der Waals surface area contributed by atoms with E-state index in [1.54, 1.807) is 12.4 Å². The first-order valence-electron chi connectivity index (χ1n) is 10.7. The van der Waals surface area contributed by atoms with Gasteiger partial charge in [0, 0.05) is 43.3 Å². The summed E-state index contributed by atoms with van der Waals surface area (Å²) >= 11 is 0. The highest BCUT2D eigenvalue weighted by Crippen LogP contribution is 2.33. The van der Waals surface area contributed by atoms with Gasteiger partial charge in [-0.2, -0.15) is 0 Å². The van der Waals surface area contributed by atoms with Crippen LogP contribution < -0.4 is 15.0 Å². The number of anilines is 2. The van der Waals surface area contributed by atoms with Gasteiger partial charge in [-0.1, -0.05) is 0 Å². The number of fused-ring (bicyclic) bond motifs is 1. The minimum atomic E-state index is -0.425. The molecule has 1 aliphatic carbocycles. The first kappa shape index (κ1) is 19.9. The lowest BCUT2D eigenvalue weighted by molar-refractivity contribution is 0.122. The Morgan fingerprint density at radius 2 is 1.84 bits per heavy atom.